The van der Waals surface area contributed by atoms with E-state index in [1.54, 1.807) is 6.07 Å². The van der Waals surface area contributed by atoms with Gasteiger partial charge in [0.25, 0.3) is 0 Å². The number of hydrogen-bond donors (Lipinski definition) is 2. The normalized spacial score (nSPS) is 16.9. The molecule has 0 aliphatic heterocycles. The van der Waals surface area contributed by atoms with Crippen LogP contribution in [0.15, 0.2) is 29.2 Å². The average Bonchev–Trinajstić information content (AvgIpc) is 3.12. The van der Waals surface area contributed by atoms with Gasteiger partial charge in [0.1, 0.15) is 10.6 Å². The van der Waals surface area contributed by atoms with E-state index in [0.717, 1.165) is 18.9 Å². The van der Waals surface area contributed by atoms with E-state index in [4.69, 9.17) is 9.84 Å². The highest BCUT2D eigenvalue weighted by Crippen LogP contribution is 2.37. The van der Waals surface area contributed by atoms with E-state index in [1.165, 1.54) is 25.3 Å². The fraction of sp³-hybridized carbons (Fsp3) is 0.357. The van der Waals surface area contributed by atoms with E-state index in [9.17, 15) is 13.2 Å². The summed E-state index contributed by atoms with van der Waals surface area (Å²) in [7, 11) is -2.33. The zero-order chi connectivity index (χ0) is 15.7. The number of carboxylic acids is 1. The Bertz CT molecular complexity index is 689. The molecule has 2 rings (SSSR count). The Morgan fingerprint density at radius 3 is 2.62 bits per heavy atom. The van der Waals surface area contributed by atoms with E-state index >= 15 is 0 Å². The molecule has 1 aliphatic carbocycles. The van der Waals surface area contributed by atoms with Gasteiger partial charge in [-0.2, -0.15) is 0 Å². The number of benzene rings is 1. The maximum absolute atomic E-state index is 12.4. The van der Waals surface area contributed by atoms with Crippen molar-refractivity contribution >= 4 is 22.1 Å². The molecule has 114 valence electrons. The van der Waals surface area contributed by atoms with Crippen LogP contribution in [0.25, 0.3) is 6.08 Å². The Balaban J connectivity index is 2.40. The van der Waals surface area contributed by atoms with Crippen molar-refractivity contribution < 1.29 is 23.1 Å². The second-order valence-corrected chi connectivity index (χ2v) is 6.90. The minimum atomic E-state index is -3.72. The topological polar surface area (TPSA) is 92.7 Å². The molecule has 21 heavy (non-hydrogen) atoms. The zero-order valence-electron chi connectivity index (χ0n) is 11.8. The van der Waals surface area contributed by atoms with Gasteiger partial charge in [0.15, 0.2) is 0 Å². The molecule has 1 aliphatic rings. The van der Waals surface area contributed by atoms with Crippen LogP contribution in [0, 0.1) is 0 Å². The smallest absolute Gasteiger partial charge is 0.328 e. The van der Waals surface area contributed by atoms with Crippen molar-refractivity contribution in [2.45, 2.75) is 30.2 Å². The Labute approximate surface area is 123 Å². The lowest BCUT2D eigenvalue weighted by Crippen LogP contribution is -2.34. The van der Waals surface area contributed by atoms with E-state index in [2.05, 4.69) is 4.72 Å². The molecule has 0 bridgehead atoms. The van der Waals surface area contributed by atoms with Crippen LogP contribution < -0.4 is 9.46 Å². The van der Waals surface area contributed by atoms with Crippen molar-refractivity contribution in [1.29, 1.82) is 0 Å². The molecule has 1 aromatic rings. The number of ether oxygens (including phenoxy) is 1. The number of carboxylic acid groups (broad SMARTS) is 1. The summed E-state index contributed by atoms with van der Waals surface area (Å²) in [5.41, 5.74) is 0.0797. The molecule has 6 nitrogen and oxygen atoms in total. The number of hydrogen-bond acceptors (Lipinski definition) is 4. The van der Waals surface area contributed by atoms with Gasteiger partial charge in [-0.1, -0.05) is 6.07 Å². The highest BCUT2D eigenvalue weighted by atomic mass is 32.2. The first-order valence-corrected chi connectivity index (χ1v) is 7.87. The van der Waals surface area contributed by atoms with Crippen LogP contribution in [-0.4, -0.2) is 32.1 Å². The second-order valence-electron chi connectivity index (χ2n) is 5.25. The molecule has 0 spiro atoms. The Morgan fingerprint density at radius 1 is 1.43 bits per heavy atom. The molecular formula is C14H17NO5S. The quantitative estimate of drug-likeness (QED) is 0.779. The Morgan fingerprint density at radius 2 is 2.10 bits per heavy atom. The van der Waals surface area contributed by atoms with Gasteiger partial charge >= 0.3 is 5.97 Å². The predicted molar refractivity (Wildman–Crippen MR) is 77.6 cm³/mol. The van der Waals surface area contributed by atoms with Gasteiger partial charge in [-0.05, 0) is 43.5 Å². The van der Waals surface area contributed by atoms with E-state index in [-0.39, 0.29) is 10.6 Å². The molecule has 0 saturated heterocycles. The van der Waals surface area contributed by atoms with E-state index < -0.39 is 21.5 Å². The summed E-state index contributed by atoms with van der Waals surface area (Å²) in [5, 5.41) is 8.62. The lowest BCUT2D eigenvalue weighted by atomic mass is 10.2. The molecule has 1 fully saturated rings. The van der Waals surface area contributed by atoms with Crippen LogP contribution in [0.3, 0.4) is 0 Å². The van der Waals surface area contributed by atoms with Crippen molar-refractivity contribution in [1.82, 2.24) is 4.72 Å². The summed E-state index contributed by atoms with van der Waals surface area (Å²) in [4.78, 5) is 10.5. The van der Waals surface area contributed by atoms with Gasteiger partial charge in [0.2, 0.25) is 10.0 Å². The molecular weight excluding hydrogens is 294 g/mol. The van der Waals surface area contributed by atoms with Crippen LogP contribution >= 0.6 is 0 Å². The van der Waals surface area contributed by atoms with Gasteiger partial charge < -0.3 is 9.84 Å². The number of sulfonamides is 1. The molecule has 0 unspecified atom stereocenters. The standard InChI is InChI=1S/C14H17NO5S/c1-14(7-8-14)15-21(18,19)12-9-10(4-6-13(16)17)3-5-11(12)20-2/h3-6,9,15H,7-8H2,1-2H3,(H,16,17)/b6-4+. The third-order valence-corrected chi connectivity index (χ3v) is 4.94. The van der Waals surface area contributed by atoms with Crippen molar-refractivity contribution in [3.8, 4) is 5.75 Å². The molecule has 1 saturated carbocycles. The predicted octanol–water partition coefficient (Wildman–Crippen LogP) is 1.62. The molecule has 0 radical (unpaired) electrons. The average molecular weight is 311 g/mol. The number of nitrogens with one attached hydrogen (secondary N) is 1. The maximum atomic E-state index is 12.4. The van der Waals surface area contributed by atoms with Gasteiger partial charge in [0.05, 0.1) is 7.11 Å². The van der Waals surface area contributed by atoms with Crippen LogP contribution in [0.1, 0.15) is 25.3 Å². The van der Waals surface area contributed by atoms with E-state index in [0.29, 0.717) is 5.56 Å². The molecule has 0 amide bonds. The summed E-state index contributed by atoms with van der Waals surface area (Å²) in [5.74, 6) is -0.877. The fourth-order valence-electron chi connectivity index (χ4n) is 1.84. The summed E-state index contributed by atoms with van der Waals surface area (Å²) in [6, 6.07) is 4.49. The van der Waals surface area contributed by atoms with Crippen LogP contribution in [0.2, 0.25) is 0 Å². The molecule has 2 N–H and O–H groups in total. The molecule has 7 heteroatoms. The van der Waals surface area contributed by atoms with Gasteiger partial charge in [-0.3, -0.25) is 0 Å². The largest absolute Gasteiger partial charge is 0.495 e. The number of rotatable bonds is 6. The maximum Gasteiger partial charge on any atom is 0.328 e. The second kappa shape index (κ2) is 5.50. The van der Waals surface area contributed by atoms with Crippen LogP contribution in [0.4, 0.5) is 0 Å². The molecule has 1 aromatic carbocycles. The summed E-state index contributed by atoms with van der Waals surface area (Å²) < 4.78 is 32.6. The van der Waals surface area contributed by atoms with E-state index in [1.807, 2.05) is 6.92 Å². The molecule has 0 atom stereocenters. The van der Waals surface area contributed by atoms with Crippen LogP contribution in [-0.2, 0) is 14.8 Å². The summed E-state index contributed by atoms with van der Waals surface area (Å²) in [6.07, 6.45) is 3.88. The van der Waals surface area contributed by atoms with Crippen molar-refractivity contribution in [3.63, 3.8) is 0 Å². The SMILES string of the molecule is COc1ccc(/C=C/C(=O)O)cc1S(=O)(=O)NC1(C)CC1. The number of carbonyl (C=O) groups is 1. The van der Waals surface area contributed by atoms with Gasteiger partial charge in [-0.25, -0.2) is 17.9 Å². The van der Waals surface area contributed by atoms with Gasteiger partial charge in [0, 0.05) is 11.6 Å². The molecule has 0 aromatic heterocycles. The summed E-state index contributed by atoms with van der Waals surface area (Å²) >= 11 is 0. The monoisotopic (exact) mass is 311 g/mol. The summed E-state index contributed by atoms with van der Waals surface area (Å²) in [6.45, 7) is 1.84. The first-order valence-electron chi connectivity index (χ1n) is 6.39. The third-order valence-electron chi connectivity index (χ3n) is 3.28. The van der Waals surface area contributed by atoms with Gasteiger partial charge in [-0.15, -0.1) is 0 Å². The van der Waals surface area contributed by atoms with Crippen molar-refractivity contribution in [2.24, 2.45) is 0 Å². The Hall–Kier alpha value is -1.86. The van der Waals surface area contributed by atoms with Crippen molar-refractivity contribution in [2.75, 3.05) is 7.11 Å². The highest BCUT2D eigenvalue weighted by molar-refractivity contribution is 7.89. The highest BCUT2D eigenvalue weighted by Gasteiger charge is 2.41. The third kappa shape index (κ3) is 3.83. The zero-order valence-corrected chi connectivity index (χ0v) is 12.6. The fourth-order valence-corrected chi connectivity index (χ4v) is 3.51. The van der Waals surface area contributed by atoms with Crippen molar-refractivity contribution in [3.05, 3.63) is 29.8 Å². The number of aliphatic carboxylic acids is 1. The lowest BCUT2D eigenvalue weighted by Gasteiger charge is -2.15. The van der Waals surface area contributed by atoms with Crippen LogP contribution in [0.5, 0.6) is 5.75 Å². The Kier molecular flexibility index (Phi) is 4.06. The minimum absolute atomic E-state index is 0.00524. The first-order chi connectivity index (χ1) is 9.76. The number of methoxy groups -OCH3 is 1. The first kappa shape index (κ1) is 15.5. The molecule has 0 heterocycles. The lowest BCUT2D eigenvalue weighted by molar-refractivity contribution is -0.131. The minimum Gasteiger partial charge on any atom is -0.495 e.